The first kappa shape index (κ1) is 15.3. The van der Waals surface area contributed by atoms with Gasteiger partial charge in [-0.1, -0.05) is 17.7 Å². The van der Waals surface area contributed by atoms with Gasteiger partial charge < -0.3 is 10.1 Å². The maximum absolute atomic E-state index is 12.1. The third kappa shape index (κ3) is 4.20. The number of benzene rings is 1. The lowest BCUT2D eigenvalue weighted by molar-refractivity contribution is -0.122. The van der Waals surface area contributed by atoms with Crippen molar-refractivity contribution in [2.45, 2.75) is 26.9 Å². The number of nitrogens with zero attached hydrogens (tertiary/aromatic N) is 1. The Morgan fingerprint density at radius 2 is 2.05 bits per heavy atom. The van der Waals surface area contributed by atoms with E-state index < -0.39 is 6.10 Å². The standard InChI is InChI=1S/C16H17ClN2O2/c1-10-9-13(7-8-14(10)17)21-12(3)16(20)19-15-6-4-5-11(2)18-15/h4-9,12H,1-3H3,(H,18,19,20). The number of carbonyl (C=O) groups excluding carboxylic acids is 1. The molecule has 1 unspecified atom stereocenters. The topological polar surface area (TPSA) is 51.2 Å². The lowest BCUT2D eigenvalue weighted by Crippen LogP contribution is -2.30. The van der Waals surface area contributed by atoms with Crippen molar-refractivity contribution in [3.05, 3.63) is 52.7 Å². The number of rotatable bonds is 4. The summed E-state index contributed by atoms with van der Waals surface area (Å²) >= 11 is 5.96. The number of nitrogens with one attached hydrogen (secondary N) is 1. The van der Waals surface area contributed by atoms with Crippen LogP contribution >= 0.6 is 11.6 Å². The first-order chi connectivity index (χ1) is 9.95. The van der Waals surface area contributed by atoms with E-state index in [1.54, 1.807) is 31.2 Å². The molecule has 0 saturated carbocycles. The molecule has 0 aliphatic carbocycles. The highest BCUT2D eigenvalue weighted by Gasteiger charge is 2.15. The largest absolute Gasteiger partial charge is 0.481 e. The van der Waals surface area contributed by atoms with Crippen molar-refractivity contribution >= 4 is 23.3 Å². The molecule has 1 aromatic carbocycles. The van der Waals surface area contributed by atoms with Crippen molar-refractivity contribution in [3.8, 4) is 5.75 Å². The predicted molar refractivity (Wildman–Crippen MR) is 83.9 cm³/mol. The summed E-state index contributed by atoms with van der Waals surface area (Å²) in [6.45, 7) is 5.44. The fraction of sp³-hybridized carbons (Fsp3) is 0.250. The van der Waals surface area contributed by atoms with Crippen LogP contribution in [-0.4, -0.2) is 17.0 Å². The van der Waals surface area contributed by atoms with Crippen molar-refractivity contribution in [2.75, 3.05) is 5.32 Å². The van der Waals surface area contributed by atoms with Crippen LogP contribution in [0.4, 0.5) is 5.82 Å². The minimum Gasteiger partial charge on any atom is -0.481 e. The van der Waals surface area contributed by atoms with Gasteiger partial charge in [-0.25, -0.2) is 4.98 Å². The van der Waals surface area contributed by atoms with Gasteiger partial charge >= 0.3 is 0 Å². The van der Waals surface area contributed by atoms with Crippen LogP contribution in [-0.2, 0) is 4.79 Å². The van der Waals surface area contributed by atoms with Gasteiger partial charge in [0.15, 0.2) is 6.10 Å². The molecule has 1 N–H and O–H groups in total. The van der Waals surface area contributed by atoms with Crippen LogP contribution < -0.4 is 10.1 Å². The van der Waals surface area contributed by atoms with Gasteiger partial charge in [-0.15, -0.1) is 0 Å². The molecular formula is C16H17ClN2O2. The average Bonchev–Trinajstić information content (AvgIpc) is 2.43. The maximum atomic E-state index is 12.1. The molecule has 4 nitrogen and oxygen atoms in total. The summed E-state index contributed by atoms with van der Waals surface area (Å²) in [4.78, 5) is 16.3. The monoisotopic (exact) mass is 304 g/mol. The minimum absolute atomic E-state index is 0.249. The second-order valence-electron chi connectivity index (χ2n) is 4.82. The Morgan fingerprint density at radius 1 is 1.29 bits per heavy atom. The minimum atomic E-state index is -0.632. The van der Waals surface area contributed by atoms with Crippen LogP contribution in [0.15, 0.2) is 36.4 Å². The zero-order chi connectivity index (χ0) is 15.4. The van der Waals surface area contributed by atoms with Crippen LogP contribution in [0.25, 0.3) is 0 Å². The highest BCUT2D eigenvalue weighted by atomic mass is 35.5. The number of anilines is 1. The highest BCUT2D eigenvalue weighted by molar-refractivity contribution is 6.31. The van der Waals surface area contributed by atoms with Gasteiger partial charge in [0.05, 0.1) is 0 Å². The number of carbonyl (C=O) groups is 1. The maximum Gasteiger partial charge on any atom is 0.266 e. The summed E-state index contributed by atoms with van der Waals surface area (Å²) in [6, 6.07) is 10.7. The molecule has 110 valence electrons. The zero-order valence-electron chi connectivity index (χ0n) is 12.2. The third-order valence-corrected chi connectivity index (χ3v) is 3.38. The van der Waals surface area contributed by atoms with Gasteiger partial charge in [-0.2, -0.15) is 0 Å². The van der Waals surface area contributed by atoms with E-state index in [1.165, 1.54) is 0 Å². The molecule has 0 bridgehead atoms. The quantitative estimate of drug-likeness (QED) is 0.935. The van der Waals surface area contributed by atoms with Crippen LogP contribution in [0.3, 0.4) is 0 Å². The van der Waals surface area contributed by atoms with Crippen molar-refractivity contribution < 1.29 is 9.53 Å². The molecule has 1 heterocycles. The van der Waals surface area contributed by atoms with E-state index in [4.69, 9.17) is 16.3 Å². The lowest BCUT2D eigenvalue weighted by atomic mass is 10.2. The van der Waals surface area contributed by atoms with Crippen LogP contribution in [0, 0.1) is 13.8 Å². The van der Waals surface area contributed by atoms with Crippen LogP contribution in [0.1, 0.15) is 18.2 Å². The van der Waals surface area contributed by atoms with Crippen LogP contribution in [0.2, 0.25) is 5.02 Å². The average molecular weight is 305 g/mol. The molecule has 2 aromatic rings. The molecule has 2 rings (SSSR count). The molecule has 21 heavy (non-hydrogen) atoms. The fourth-order valence-corrected chi connectivity index (χ4v) is 1.91. The summed E-state index contributed by atoms with van der Waals surface area (Å²) in [5, 5.41) is 3.40. The molecule has 0 aliphatic heterocycles. The molecule has 1 atom stereocenters. The van der Waals surface area contributed by atoms with Crippen molar-refractivity contribution in [1.82, 2.24) is 4.98 Å². The summed E-state index contributed by atoms with van der Waals surface area (Å²) in [5.41, 5.74) is 1.75. The van der Waals surface area contributed by atoms with Gasteiger partial charge in [0.1, 0.15) is 11.6 Å². The normalized spacial score (nSPS) is 11.8. The lowest BCUT2D eigenvalue weighted by Gasteiger charge is -2.15. The predicted octanol–water partition coefficient (Wildman–Crippen LogP) is 3.76. The first-order valence-corrected chi connectivity index (χ1v) is 7.01. The second kappa shape index (κ2) is 6.59. The first-order valence-electron chi connectivity index (χ1n) is 6.63. The van der Waals surface area contributed by atoms with E-state index in [9.17, 15) is 4.79 Å². The van der Waals surface area contributed by atoms with Crippen molar-refractivity contribution in [1.29, 1.82) is 0 Å². The second-order valence-corrected chi connectivity index (χ2v) is 5.23. The number of ether oxygens (including phenoxy) is 1. The highest BCUT2D eigenvalue weighted by Crippen LogP contribution is 2.22. The molecule has 0 saturated heterocycles. The number of hydrogen-bond acceptors (Lipinski definition) is 3. The summed E-state index contributed by atoms with van der Waals surface area (Å²) < 4.78 is 5.62. The Balaban J connectivity index is 2.00. The number of halogens is 1. The van der Waals surface area contributed by atoms with Crippen molar-refractivity contribution in [2.24, 2.45) is 0 Å². The van der Waals surface area contributed by atoms with E-state index >= 15 is 0 Å². The molecule has 0 radical (unpaired) electrons. The number of aromatic nitrogens is 1. The number of pyridine rings is 1. The van der Waals surface area contributed by atoms with E-state index in [0.717, 1.165) is 11.3 Å². The Kier molecular flexibility index (Phi) is 4.81. The summed E-state index contributed by atoms with van der Waals surface area (Å²) in [7, 11) is 0. The Hall–Kier alpha value is -2.07. The number of aryl methyl sites for hydroxylation is 2. The van der Waals surface area contributed by atoms with E-state index in [1.807, 2.05) is 26.0 Å². The summed E-state index contributed by atoms with van der Waals surface area (Å²) in [5.74, 6) is 0.875. The molecule has 1 aromatic heterocycles. The van der Waals surface area contributed by atoms with E-state index in [0.29, 0.717) is 16.6 Å². The van der Waals surface area contributed by atoms with Gasteiger partial charge in [0, 0.05) is 10.7 Å². The van der Waals surface area contributed by atoms with Gasteiger partial charge in [-0.05, 0) is 56.7 Å². The SMILES string of the molecule is Cc1cccc(NC(=O)C(C)Oc2ccc(Cl)c(C)c2)n1. The summed E-state index contributed by atoms with van der Waals surface area (Å²) in [6.07, 6.45) is -0.632. The fourth-order valence-electron chi connectivity index (χ4n) is 1.79. The van der Waals surface area contributed by atoms with E-state index in [-0.39, 0.29) is 5.91 Å². The zero-order valence-corrected chi connectivity index (χ0v) is 12.9. The third-order valence-electron chi connectivity index (χ3n) is 2.95. The van der Waals surface area contributed by atoms with Gasteiger partial charge in [0.2, 0.25) is 0 Å². The Labute approximate surface area is 129 Å². The Morgan fingerprint density at radius 3 is 2.71 bits per heavy atom. The molecule has 1 amide bonds. The smallest absolute Gasteiger partial charge is 0.266 e. The molecule has 0 aliphatic rings. The molecule has 0 spiro atoms. The van der Waals surface area contributed by atoms with Gasteiger partial charge in [0.25, 0.3) is 5.91 Å². The van der Waals surface area contributed by atoms with Gasteiger partial charge in [-0.3, -0.25) is 4.79 Å². The molecule has 0 fully saturated rings. The molecule has 5 heteroatoms. The van der Waals surface area contributed by atoms with E-state index in [2.05, 4.69) is 10.3 Å². The van der Waals surface area contributed by atoms with Crippen molar-refractivity contribution in [3.63, 3.8) is 0 Å². The van der Waals surface area contributed by atoms with Crippen LogP contribution in [0.5, 0.6) is 5.75 Å². The number of hydrogen-bond donors (Lipinski definition) is 1. The Bertz CT molecular complexity index is 658. The number of amides is 1. The molecular weight excluding hydrogens is 288 g/mol.